The Balaban J connectivity index is 1.58. The van der Waals surface area contributed by atoms with Gasteiger partial charge in [-0.15, -0.1) is 0 Å². The fraction of sp³-hybridized carbons (Fsp3) is 0.0870. The molecule has 6 nitrogen and oxygen atoms in total. The Hall–Kier alpha value is -3.93. The third kappa shape index (κ3) is 4.16. The van der Waals surface area contributed by atoms with Crippen molar-refractivity contribution < 1.29 is 14.1 Å². The molecule has 0 aliphatic carbocycles. The van der Waals surface area contributed by atoms with Crippen molar-refractivity contribution in [3.8, 4) is 28.6 Å². The van der Waals surface area contributed by atoms with E-state index in [2.05, 4.69) is 15.5 Å². The van der Waals surface area contributed by atoms with Crippen LogP contribution in [0.15, 0.2) is 83.4 Å². The minimum atomic E-state index is -0.260. The molecule has 0 aliphatic heterocycles. The average molecular weight is 385 g/mol. The van der Waals surface area contributed by atoms with E-state index in [1.165, 1.54) is 0 Å². The van der Waals surface area contributed by atoms with E-state index in [-0.39, 0.29) is 5.91 Å². The summed E-state index contributed by atoms with van der Waals surface area (Å²) < 4.78 is 10.9. The summed E-state index contributed by atoms with van der Waals surface area (Å²) in [6, 6.07) is 23.9. The van der Waals surface area contributed by atoms with Gasteiger partial charge in [-0.1, -0.05) is 47.6 Å². The number of nitrogens with zero attached hydrogens (tertiary/aromatic N) is 2. The van der Waals surface area contributed by atoms with E-state index in [0.29, 0.717) is 35.1 Å². The van der Waals surface area contributed by atoms with Gasteiger partial charge >= 0.3 is 0 Å². The number of ether oxygens (including phenoxy) is 1. The molecule has 0 unspecified atom stereocenters. The summed E-state index contributed by atoms with van der Waals surface area (Å²) in [4.78, 5) is 17.3. The zero-order valence-corrected chi connectivity index (χ0v) is 15.8. The largest absolute Gasteiger partial charge is 0.494 e. The molecule has 1 aromatic heterocycles. The molecule has 0 fully saturated rings. The van der Waals surface area contributed by atoms with Gasteiger partial charge in [0, 0.05) is 11.3 Å². The molecule has 0 spiro atoms. The topological polar surface area (TPSA) is 77.2 Å². The van der Waals surface area contributed by atoms with Gasteiger partial charge in [0.2, 0.25) is 5.82 Å². The Morgan fingerprint density at radius 2 is 1.69 bits per heavy atom. The lowest BCUT2D eigenvalue weighted by Crippen LogP contribution is -2.13. The Morgan fingerprint density at radius 1 is 0.966 bits per heavy atom. The van der Waals surface area contributed by atoms with E-state index >= 15 is 0 Å². The number of aromatic nitrogens is 2. The molecular weight excluding hydrogens is 366 g/mol. The lowest BCUT2D eigenvalue weighted by Gasteiger charge is -2.09. The molecule has 6 heteroatoms. The molecule has 0 radical (unpaired) electrons. The Bertz CT molecular complexity index is 1110. The lowest BCUT2D eigenvalue weighted by atomic mass is 10.1. The van der Waals surface area contributed by atoms with Gasteiger partial charge in [-0.05, 0) is 43.3 Å². The molecule has 3 aromatic carbocycles. The van der Waals surface area contributed by atoms with Gasteiger partial charge in [0.15, 0.2) is 0 Å². The third-order valence-corrected chi connectivity index (χ3v) is 4.28. The number of anilines is 1. The van der Waals surface area contributed by atoms with E-state index in [4.69, 9.17) is 9.26 Å². The fourth-order valence-corrected chi connectivity index (χ4v) is 2.90. The number of carbonyl (C=O) groups excluding carboxylic acids is 1. The summed E-state index contributed by atoms with van der Waals surface area (Å²) in [5.41, 5.74) is 2.54. The third-order valence-electron chi connectivity index (χ3n) is 4.28. The van der Waals surface area contributed by atoms with Crippen molar-refractivity contribution in [3.63, 3.8) is 0 Å². The lowest BCUT2D eigenvalue weighted by molar-refractivity contribution is 0.102. The predicted octanol–water partition coefficient (Wildman–Crippen LogP) is 5.05. The van der Waals surface area contributed by atoms with Crippen LogP contribution in [0, 0.1) is 0 Å². The first-order chi connectivity index (χ1) is 14.2. The number of carbonyl (C=O) groups is 1. The van der Waals surface area contributed by atoms with Crippen LogP contribution < -0.4 is 10.1 Å². The maximum Gasteiger partial charge on any atom is 0.259 e. The number of rotatable bonds is 6. The minimum absolute atomic E-state index is 0.260. The van der Waals surface area contributed by atoms with E-state index in [0.717, 1.165) is 11.3 Å². The summed E-state index contributed by atoms with van der Waals surface area (Å²) >= 11 is 0. The summed E-state index contributed by atoms with van der Waals surface area (Å²) in [7, 11) is 0. The molecule has 0 saturated heterocycles. The monoisotopic (exact) mass is 385 g/mol. The molecule has 0 atom stereocenters. The Morgan fingerprint density at radius 3 is 2.45 bits per heavy atom. The van der Waals surface area contributed by atoms with Crippen molar-refractivity contribution in [3.05, 3.63) is 84.4 Å². The highest BCUT2D eigenvalue weighted by atomic mass is 16.5. The number of nitrogens with one attached hydrogen (secondary N) is 1. The van der Waals surface area contributed by atoms with Crippen LogP contribution in [0.5, 0.6) is 5.75 Å². The smallest absolute Gasteiger partial charge is 0.259 e. The molecule has 4 aromatic rings. The first-order valence-electron chi connectivity index (χ1n) is 9.27. The highest BCUT2D eigenvalue weighted by Gasteiger charge is 2.18. The highest BCUT2D eigenvalue weighted by molar-refractivity contribution is 6.08. The van der Waals surface area contributed by atoms with Crippen LogP contribution in [-0.4, -0.2) is 22.7 Å². The molecule has 1 N–H and O–H groups in total. The molecule has 0 aliphatic rings. The summed E-state index contributed by atoms with van der Waals surface area (Å²) in [5.74, 6) is 1.26. The van der Waals surface area contributed by atoms with Gasteiger partial charge in [-0.3, -0.25) is 4.79 Å². The molecule has 0 bridgehead atoms. The first kappa shape index (κ1) is 18.4. The number of amides is 1. The second kappa shape index (κ2) is 8.39. The standard InChI is InChI=1S/C23H19N3O3/c1-2-28-18-14-12-17(13-15-18)24-22(27)19-10-6-7-11-20(19)23-25-21(26-29-23)16-8-4-3-5-9-16/h3-15H,2H2,1H3,(H,24,27). The number of hydrogen-bond donors (Lipinski definition) is 1. The summed E-state index contributed by atoms with van der Waals surface area (Å²) in [6.07, 6.45) is 0. The molecule has 29 heavy (non-hydrogen) atoms. The van der Waals surface area contributed by atoms with Crippen LogP contribution in [0.3, 0.4) is 0 Å². The van der Waals surface area contributed by atoms with Crippen LogP contribution in [0.1, 0.15) is 17.3 Å². The van der Waals surface area contributed by atoms with Crippen molar-refractivity contribution in [1.82, 2.24) is 10.1 Å². The van der Waals surface area contributed by atoms with Crippen LogP contribution in [-0.2, 0) is 0 Å². The highest BCUT2D eigenvalue weighted by Crippen LogP contribution is 2.26. The molecule has 144 valence electrons. The van der Waals surface area contributed by atoms with Crippen molar-refractivity contribution in [2.75, 3.05) is 11.9 Å². The molecular formula is C23H19N3O3. The summed E-state index contributed by atoms with van der Waals surface area (Å²) in [6.45, 7) is 2.52. The van der Waals surface area contributed by atoms with E-state index in [1.54, 1.807) is 30.3 Å². The van der Waals surface area contributed by atoms with Gasteiger partial charge in [-0.2, -0.15) is 4.98 Å². The van der Waals surface area contributed by atoms with Crippen LogP contribution in [0.4, 0.5) is 5.69 Å². The van der Waals surface area contributed by atoms with Gasteiger partial charge < -0.3 is 14.6 Å². The van der Waals surface area contributed by atoms with Gasteiger partial charge in [0.25, 0.3) is 11.8 Å². The Kier molecular flexibility index (Phi) is 5.33. The molecule has 4 rings (SSSR count). The van der Waals surface area contributed by atoms with Gasteiger partial charge in [-0.25, -0.2) is 0 Å². The van der Waals surface area contributed by atoms with Gasteiger partial charge in [0.05, 0.1) is 17.7 Å². The normalized spacial score (nSPS) is 10.5. The van der Waals surface area contributed by atoms with Gasteiger partial charge in [0.1, 0.15) is 5.75 Å². The first-order valence-corrected chi connectivity index (χ1v) is 9.27. The van der Waals surface area contributed by atoms with Crippen LogP contribution in [0.25, 0.3) is 22.8 Å². The second-order valence-corrected chi connectivity index (χ2v) is 6.25. The quantitative estimate of drug-likeness (QED) is 0.502. The zero-order chi connectivity index (χ0) is 20.1. The minimum Gasteiger partial charge on any atom is -0.494 e. The molecule has 1 amide bonds. The van der Waals surface area contributed by atoms with Crippen molar-refractivity contribution in [1.29, 1.82) is 0 Å². The average Bonchev–Trinajstić information content (AvgIpc) is 3.26. The van der Waals surface area contributed by atoms with Crippen LogP contribution in [0.2, 0.25) is 0 Å². The maximum atomic E-state index is 12.9. The van der Waals surface area contributed by atoms with Crippen LogP contribution >= 0.6 is 0 Å². The van der Waals surface area contributed by atoms with E-state index < -0.39 is 0 Å². The number of benzene rings is 3. The maximum absolute atomic E-state index is 12.9. The number of hydrogen-bond acceptors (Lipinski definition) is 5. The van der Waals surface area contributed by atoms with Crippen molar-refractivity contribution in [2.24, 2.45) is 0 Å². The van der Waals surface area contributed by atoms with E-state index in [1.807, 2.05) is 55.5 Å². The van der Waals surface area contributed by atoms with Crippen molar-refractivity contribution >= 4 is 11.6 Å². The molecule has 1 heterocycles. The zero-order valence-electron chi connectivity index (χ0n) is 15.8. The fourth-order valence-electron chi connectivity index (χ4n) is 2.90. The summed E-state index contributed by atoms with van der Waals surface area (Å²) in [5, 5.41) is 6.93. The Labute approximate surface area is 168 Å². The second-order valence-electron chi connectivity index (χ2n) is 6.25. The van der Waals surface area contributed by atoms with Crippen molar-refractivity contribution in [2.45, 2.75) is 6.92 Å². The predicted molar refractivity (Wildman–Crippen MR) is 111 cm³/mol. The molecule has 0 saturated carbocycles. The van der Waals surface area contributed by atoms with E-state index in [9.17, 15) is 4.79 Å². The SMILES string of the molecule is CCOc1ccc(NC(=O)c2ccccc2-c2nc(-c3ccccc3)no2)cc1.